The van der Waals surface area contributed by atoms with E-state index in [0.717, 1.165) is 0 Å². The highest BCUT2D eigenvalue weighted by atomic mass is 31.2. The average molecular weight is 280 g/mol. The molecule has 18 heavy (non-hydrogen) atoms. The van der Waals surface area contributed by atoms with E-state index in [1.165, 1.54) is 0 Å². The Morgan fingerprint density at radius 3 is 2.17 bits per heavy atom. The molecule has 0 aromatic rings. The predicted octanol–water partition coefficient (Wildman–Crippen LogP) is 0.843. The lowest BCUT2D eigenvalue weighted by atomic mass is 10.1. The van der Waals surface area contributed by atoms with Crippen molar-refractivity contribution in [2.75, 3.05) is 19.4 Å². The third kappa shape index (κ3) is 4.02. The van der Waals surface area contributed by atoms with Gasteiger partial charge in [-0.3, -0.25) is 4.57 Å². The zero-order valence-corrected chi connectivity index (χ0v) is 11.6. The highest BCUT2D eigenvalue weighted by Crippen LogP contribution is 2.49. The second kappa shape index (κ2) is 6.98. The minimum atomic E-state index is -3.15. The first-order valence-electron chi connectivity index (χ1n) is 6.08. The van der Waals surface area contributed by atoms with Gasteiger partial charge in [-0.05, 0) is 27.2 Å². The number of aliphatic hydroxyl groups excluding tert-OH is 2. The van der Waals surface area contributed by atoms with Crippen LogP contribution in [-0.4, -0.2) is 54.0 Å². The van der Waals surface area contributed by atoms with Gasteiger partial charge in [0.25, 0.3) is 0 Å². The molecule has 0 amide bonds. The van der Waals surface area contributed by atoms with E-state index >= 15 is 0 Å². The molecule has 0 bridgehead atoms. The van der Waals surface area contributed by atoms with Crippen LogP contribution in [0, 0.1) is 6.92 Å². The smallest absolute Gasteiger partial charge is 0.330 e. The normalized spacial score (nSPS) is 32.9. The molecule has 7 heteroatoms. The van der Waals surface area contributed by atoms with Gasteiger partial charge in [0, 0.05) is 0 Å². The molecular weight excluding hydrogens is 259 g/mol. The third-order valence-corrected chi connectivity index (χ3v) is 4.85. The summed E-state index contributed by atoms with van der Waals surface area (Å²) in [5, 5.41) is 19.1. The van der Waals surface area contributed by atoms with Gasteiger partial charge in [0.15, 0.2) is 0 Å². The van der Waals surface area contributed by atoms with Gasteiger partial charge in [-0.2, -0.15) is 0 Å². The molecule has 0 saturated carbocycles. The van der Waals surface area contributed by atoms with Gasteiger partial charge in [-0.25, -0.2) is 0 Å². The molecule has 1 aliphatic rings. The topological polar surface area (TPSA) is 85.2 Å². The van der Waals surface area contributed by atoms with Crippen LogP contribution in [0.5, 0.6) is 0 Å². The molecule has 0 aromatic carbocycles. The molecule has 0 spiro atoms. The fourth-order valence-corrected chi connectivity index (χ4v) is 3.55. The fourth-order valence-electron chi connectivity index (χ4n) is 1.86. The van der Waals surface area contributed by atoms with Crippen LogP contribution in [0.2, 0.25) is 0 Å². The zero-order chi connectivity index (χ0) is 13.8. The quantitative estimate of drug-likeness (QED) is 0.672. The SMILES string of the molecule is [CH][C@@H]1O[C@H](CCP(=O)(OCC)OCC)[C@H](O)C1O. The summed E-state index contributed by atoms with van der Waals surface area (Å²) in [7, 11) is -3.15. The van der Waals surface area contributed by atoms with Crippen LogP contribution in [0.4, 0.5) is 0 Å². The van der Waals surface area contributed by atoms with Crippen LogP contribution in [0.3, 0.4) is 0 Å². The number of aliphatic hydroxyl groups is 2. The van der Waals surface area contributed by atoms with Crippen LogP contribution in [0.1, 0.15) is 20.3 Å². The Morgan fingerprint density at radius 1 is 1.22 bits per heavy atom. The Hall–Kier alpha value is 0.0300. The molecule has 1 rings (SSSR count). The van der Waals surface area contributed by atoms with Crippen molar-refractivity contribution in [2.45, 2.75) is 44.7 Å². The first kappa shape index (κ1) is 16.1. The molecular formula is C11H21O6P. The Morgan fingerprint density at radius 2 is 1.78 bits per heavy atom. The summed E-state index contributed by atoms with van der Waals surface area (Å²) in [6.07, 6.45) is -3.38. The lowest BCUT2D eigenvalue weighted by molar-refractivity contribution is 0.0186. The van der Waals surface area contributed by atoms with Gasteiger partial charge in [0.05, 0.1) is 31.6 Å². The maximum atomic E-state index is 12.2. The summed E-state index contributed by atoms with van der Waals surface area (Å²) in [6, 6.07) is 0. The van der Waals surface area contributed by atoms with Gasteiger partial charge >= 0.3 is 7.60 Å². The molecule has 0 aliphatic carbocycles. The van der Waals surface area contributed by atoms with Crippen molar-refractivity contribution in [3.8, 4) is 0 Å². The summed E-state index contributed by atoms with van der Waals surface area (Å²) in [5.41, 5.74) is 0. The lowest BCUT2D eigenvalue weighted by Crippen LogP contribution is -2.32. The molecule has 2 N–H and O–H groups in total. The first-order chi connectivity index (χ1) is 8.43. The molecule has 1 aliphatic heterocycles. The summed E-state index contributed by atoms with van der Waals surface area (Å²) < 4.78 is 27.6. The molecule has 1 saturated heterocycles. The third-order valence-electron chi connectivity index (χ3n) is 2.74. The van der Waals surface area contributed by atoms with Crippen LogP contribution < -0.4 is 0 Å². The van der Waals surface area contributed by atoms with Crippen molar-refractivity contribution in [1.82, 2.24) is 0 Å². The minimum Gasteiger partial charge on any atom is -0.388 e. The zero-order valence-electron chi connectivity index (χ0n) is 10.7. The summed E-state index contributed by atoms with van der Waals surface area (Å²) in [6.45, 7) is 9.48. The Labute approximate surface area is 108 Å². The summed E-state index contributed by atoms with van der Waals surface area (Å²) in [5.74, 6) is 0. The van der Waals surface area contributed by atoms with Gasteiger partial charge in [-0.15, -0.1) is 0 Å². The minimum absolute atomic E-state index is 0.121. The maximum Gasteiger partial charge on any atom is 0.330 e. The van der Waals surface area contributed by atoms with Crippen LogP contribution in [-0.2, 0) is 18.3 Å². The van der Waals surface area contributed by atoms with Crippen LogP contribution in [0.25, 0.3) is 0 Å². The van der Waals surface area contributed by atoms with Crippen molar-refractivity contribution in [3.63, 3.8) is 0 Å². The number of rotatable bonds is 7. The van der Waals surface area contributed by atoms with Crippen molar-refractivity contribution < 1.29 is 28.6 Å². The molecule has 4 atom stereocenters. The standard InChI is InChI=1S/C11H21O6P/c1-4-15-18(14,16-5-2)7-6-9-11(13)10(12)8(3)17-9/h3,8-13H,4-7H2,1-2H3/t8-,9+,10?,11-/m0/s1. The van der Waals surface area contributed by atoms with Gasteiger partial charge in [0.2, 0.25) is 0 Å². The van der Waals surface area contributed by atoms with Gasteiger partial charge in [-0.1, -0.05) is 0 Å². The molecule has 6 nitrogen and oxygen atoms in total. The predicted molar refractivity (Wildman–Crippen MR) is 65.3 cm³/mol. The van der Waals surface area contributed by atoms with E-state index in [1.807, 2.05) is 0 Å². The highest BCUT2D eigenvalue weighted by Gasteiger charge is 2.41. The molecule has 1 fully saturated rings. The second-order valence-corrected chi connectivity index (χ2v) is 6.26. The van der Waals surface area contributed by atoms with E-state index in [4.69, 9.17) is 20.7 Å². The second-order valence-electron chi connectivity index (χ2n) is 4.08. The van der Waals surface area contributed by atoms with E-state index < -0.39 is 32.0 Å². The van der Waals surface area contributed by atoms with E-state index in [9.17, 15) is 14.8 Å². The number of hydrogen-bond donors (Lipinski definition) is 2. The fraction of sp³-hybridized carbons (Fsp3) is 0.909. The molecule has 2 radical (unpaired) electrons. The Balaban J connectivity index is 2.50. The van der Waals surface area contributed by atoms with Crippen molar-refractivity contribution >= 4 is 7.60 Å². The largest absolute Gasteiger partial charge is 0.388 e. The highest BCUT2D eigenvalue weighted by molar-refractivity contribution is 7.53. The number of ether oxygens (including phenoxy) is 1. The summed E-state index contributed by atoms with van der Waals surface area (Å²) in [4.78, 5) is 0. The van der Waals surface area contributed by atoms with E-state index in [1.54, 1.807) is 13.8 Å². The van der Waals surface area contributed by atoms with Gasteiger partial charge in [0.1, 0.15) is 12.2 Å². The molecule has 1 heterocycles. The van der Waals surface area contributed by atoms with Crippen molar-refractivity contribution in [3.05, 3.63) is 6.92 Å². The molecule has 0 aromatic heterocycles. The first-order valence-corrected chi connectivity index (χ1v) is 7.81. The molecule has 106 valence electrons. The summed E-state index contributed by atoms with van der Waals surface area (Å²) >= 11 is 0. The van der Waals surface area contributed by atoms with Gasteiger partial charge < -0.3 is 24.0 Å². The van der Waals surface area contributed by atoms with E-state index in [0.29, 0.717) is 0 Å². The van der Waals surface area contributed by atoms with Crippen LogP contribution >= 0.6 is 7.60 Å². The van der Waals surface area contributed by atoms with Crippen molar-refractivity contribution in [2.24, 2.45) is 0 Å². The Bertz CT molecular complexity index is 287. The Kier molecular flexibility index (Phi) is 6.24. The van der Waals surface area contributed by atoms with E-state index in [-0.39, 0.29) is 25.8 Å². The monoisotopic (exact) mass is 280 g/mol. The van der Waals surface area contributed by atoms with Crippen molar-refractivity contribution in [1.29, 1.82) is 0 Å². The van der Waals surface area contributed by atoms with E-state index in [2.05, 4.69) is 0 Å². The average Bonchev–Trinajstić information content (AvgIpc) is 2.55. The lowest BCUT2D eigenvalue weighted by Gasteiger charge is -2.20. The van der Waals surface area contributed by atoms with Crippen LogP contribution in [0.15, 0.2) is 0 Å². The molecule has 1 unspecified atom stereocenters. The maximum absolute atomic E-state index is 12.2. The number of hydrogen-bond acceptors (Lipinski definition) is 6.